The summed E-state index contributed by atoms with van der Waals surface area (Å²) in [4.78, 5) is 0. The van der Waals surface area contributed by atoms with Gasteiger partial charge in [0.1, 0.15) is 0 Å². The van der Waals surface area contributed by atoms with Crippen molar-refractivity contribution in [3.8, 4) is 22.3 Å². The van der Waals surface area contributed by atoms with Crippen LogP contribution in [0.1, 0.15) is 57.1 Å². The highest BCUT2D eigenvalue weighted by Crippen LogP contribution is 2.32. The lowest BCUT2D eigenvalue weighted by atomic mass is 9.96. The molecule has 0 aliphatic rings. The first kappa shape index (κ1) is 21.2. The molecule has 152 valence electrons. The second kappa shape index (κ2) is 10.3. The Kier molecular flexibility index (Phi) is 7.57. The smallest absolute Gasteiger partial charge is 0.167 e. The standard InChI is InChI=1S/C27H30F2/c1-3-5-6-7-9-21-12-16-23(17-13-21)25-19-18-24(26(28)27(25)29)22-14-10-20(8-4-2)11-15-22/h10-19H,3-9H2,1-2H3. The maximum absolute atomic E-state index is 14.8. The SMILES string of the molecule is CCCCCCc1ccc(-c2ccc(-c3ccc(CCC)cc3)c(F)c2F)cc1. The molecule has 2 heteroatoms. The van der Waals surface area contributed by atoms with Crippen LogP contribution < -0.4 is 0 Å². The van der Waals surface area contributed by atoms with Gasteiger partial charge in [-0.2, -0.15) is 0 Å². The van der Waals surface area contributed by atoms with Crippen molar-refractivity contribution in [1.82, 2.24) is 0 Å². The first-order chi connectivity index (χ1) is 14.1. The molecule has 0 spiro atoms. The summed E-state index contributed by atoms with van der Waals surface area (Å²) in [5.41, 5.74) is 4.49. The molecule has 3 rings (SSSR count). The third-order valence-corrected chi connectivity index (χ3v) is 5.47. The summed E-state index contributed by atoms with van der Waals surface area (Å²) in [6.07, 6.45) is 7.98. The molecule has 3 aromatic rings. The molecule has 0 nitrogen and oxygen atoms in total. The molecule has 0 atom stereocenters. The van der Waals surface area contributed by atoms with Crippen molar-refractivity contribution in [2.24, 2.45) is 0 Å². The van der Waals surface area contributed by atoms with E-state index in [-0.39, 0.29) is 0 Å². The van der Waals surface area contributed by atoms with E-state index in [4.69, 9.17) is 0 Å². The fourth-order valence-corrected chi connectivity index (χ4v) is 3.74. The second-order valence-electron chi connectivity index (χ2n) is 7.74. The maximum atomic E-state index is 14.8. The van der Waals surface area contributed by atoms with Crippen LogP contribution in [-0.4, -0.2) is 0 Å². The van der Waals surface area contributed by atoms with Crippen LogP contribution in [-0.2, 0) is 12.8 Å². The quantitative estimate of drug-likeness (QED) is 0.321. The minimum absolute atomic E-state index is 0.307. The summed E-state index contributed by atoms with van der Waals surface area (Å²) in [5.74, 6) is -1.56. The molecule has 0 radical (unpaired) electrons. The van der Waals surface area contributed by atoms with Gasteiger partial charge in [0, 0.05) is 11.1 Å². The van der Waals surface area contributed by atoms with Crippen LogP contribution in [0, 0.1) is 11.6 Å². The number of unbranched alkanes of at least 4 members (excludes halogenated alkanes) is 3. The van der Waals surface area contributed by atoms with Crippen LogP contribution in [0.2, 0.25) is 0 Å². The number of hydrogen-bond acceptors (Lipinski definition) is 0. The van der Waals surface area contributed by atoms with Crippen LogP contribution in [0.3, 0.4) is 0 Å². The summed E-state index contributed by atoms with van der Waals surface area (Å²) in [6, 6.07) is 18.9. The number of benzene rings is 3. The van der Waals surface area contributed by atoms with Crippen molar-refractivity contribution < 1.29 is 8.78 Å². The van der Waals surface area contributed by atoms with Gasteiger partial charge in [-0.1, -0.05) is 100 Å². The Balaban J connectivity index is 1.78. The Morgan fingerprint density at radius 3 is 1.45 bits per heavy atom. The number of halogens is 2. The van der Waals surface area contributed by atoms with Gasteiger partial charge in [-0.05, 0) is 41.5 Å². The van der Waals surface area contributed by atoms with E-state index < -0.39 is 11.6 Å². The normalized spacial score (nSPS) is 11.0. The minimum atomic E-state index is -0.783. The van der Waals surface area contributed by atoms with Crippen molar-refractivity contribution in [3.63, 3.8) is 0 Å². The molecule has 0 fully saturated rings. The first-order valence-corrected chi connectivity index (χ1v) is 10.8. The van der Waals surface area contributed by atoms with Crippen LogP contribution in [0.5, 0.6) is 0 Å². The molecular weight excluding hydrogens is 362 g/mol. The van der Waals surface area contributed by atoms with Gasteiger partial charge in [-0.3, -0.25) is 0 Å². The first-order valence-electron chi connectivity index (χ1n) is 10.8. The molecule has 0 aromatic heterocycles. The highest BCUT2D eigenvalue weighted by atomic mass is 19.2. The zero-order valence-electron chi connectivity index (χ0n) is 17.5. The van der Waals surface area contributed by atoms with Crippen LogP contribution in [0.25, 0.3) is 22.3 Å². The predicted molar refractivity (Wildman–Crippen MR) is 119 cm³/mol. The van der Waals surface area contributed by atoms with E-state index in [9.17, 15) is 8.78 Å². The molecule has 0 bridgehead atoms. The Morgan fingerprint density at radius 1 is 0.517 bits per heavy atom. The minimum Gasteiger partial charge on any atom is -0.203 e. The summed E-state index contributed by atoms with van der Waals surface area (Å²) in [5, 5.41) is 0. The lowest BCUT2D eigenvalue weighted by Gasteiger charge is -2.10. The summed E-state index contributed by atoms with van der Waals surface area (Å²) >= 11 is 0. The molecule has 0 aliphatic carbocycles. The second-order valence-corrected chi connectivity index (χ2v) is 7.74. The van der Waals surface area contributed by atoms with Gasteiger partial charge in [0.25, 0.3) is 0 Å². The Bertz CT molecular complexity index is 909. The molecule has 0 heterocycles. The van der Waals surface area contributed by atoms with Crippen molar-refractivity contribution in [2.75, 3.05) is 0 Å². The highest BCUT2D eigenvalue weighted by Gasteiger charge is 2.16. The van der Waals surface area contributed by atoms with Crippen molar-refractivity contribution >= 4 is 0 Å². The Hall–Kier alpha value is -2.48. The monoisotopic (exact) mass is 392 g/mol. The highest BCUT2D eigenvalue weighted by molar-refractivity contribution is 5.72. The van der Waals surface area contributed by atoms with Gasteiger partial charge in [0.15, 0.2) is 11.6 Å². The molecule has 0 aliphatic heterocycles. The van der Waals surface area contributed by atoms with Gasteiger partial charge >= 0.3 is 0 Å². The number of aryl methyl sites for hydroxylation is 2. The van der Waals surface area contributed by atoms with Gasteiger partial charge in [-0.15, -0.1) is 0 Å². The molecule has 3 aromatic carbocycles. The topological polar surface area (TPSA) is 0 Å². The number of hydrogen-bond donors (Lipinski definition) is 0. The fraction of sp³-hybridized carbons (Fsp3) is 0.333. The van der Waals surface area contributed by atoms with E-state index in [1.165, 1.54) is 36.8 Å². The van der Waals surface area contributed by atoms with E-state index in [0.717, 1.165) is 19.3 Å². The van der Waals surface area contributed by atoms with Crippen molar-refractivity contribution in [2.45, 2.75) is 58.8 Å². The third kappa shape index (κ3) is 5.32. The van der Waals surface area contributed by atoms with Gasteiger partial charge in [-0.25, -0.2) is 8.78 Å². The van der Waals surface area contributed by atoms with Crippen molar-refractivity contribution in [1.29, 1.82) is 0 Å². The summed E-state index contributed by atoms with van der Waals surface area (Å²) in [6.45, 7) is 4.33. The van der Waals surface area contributed by atoms with Crippen molar-refractivity contribution in [3.05, 3.63) is 83.4 Å². The van der Waals surface area contributed by atoms with Gasteiger partial charge < -0.3 is 0 Å². The molecule has 0 unspecified atom stereocenters. The van der Waals surface area contributed by atoms with E-state index >= 15 is 0 Å². The summed E-state index contributed by atoms with van der Waals surface area (Å²) < 4.78 is 29.7. The lowest BCUT2D eigenvalue weighted by Crippen LogP contribution is -1.95. The predicted octanol–water partition coefficient (Wildman–Crippen LogP) is 8.37. The molecule has 29 heavy (non-hydrogen) atoms. The maximum Gasteiger partial charge on any atom is 0.167 e. The third-order valence-electron chi connectivity index (χ3n) is 5.47. The van der Waals surface area contributed by atoms with E-state index in [1.807, 2.05) is 48.5 Å². The Labute approximate surface area is 173 Å². The molecule has 0 amide bonds. The Morgan fingerprint density at radius 2 is 1.00 bits per heavy atom. The van der Waals surface area contributed by atoms with E-state index in [0.29, 0.717) is 22.3 Å². The van der Waals surface area contributed by atoms with Crippen LogP contribution >= 0.6 is 0 Å². The zero-order valence-corrected chi connectivity index (χ0v) is 17.5. The number of rotatable bonds is 9. The largest absolute Gasteiger partial charge is 0.203 e. The van der Waals surface area contributed by atoms with Crippen LogP contribution in [0.4, 0.5) is 8.78 Å². The zero-order chi connectivity index (χ0) is 20.6. The van der Waals surface area contributed by atoms with E-state index in [1.54, 1.807) is 12.1 Å². The average Bonchev–Trinajstić information content (AvgIpc) is 2.75. The molecule has 0 N–H and O–H groups in total. The fourth-order valence-electron chi connectivity index (χ4n) is 3.74. The molecular formula is C27H30F2. The lowest BCUT2D eigenvalue weighted by molar-refractivity contribution is 0.514. The summed E-state index contributed by atoms with van der Waals surface area (Å²) in [7, 11) is 0. The average molecular weight is 393 g/mol. The molecule has 0 saturated carbocycles. The van der Waals surface area contributed by atoms with E-state index in [2.05, 4.69) is 13.8 Å². The molecule has 0 saturated heterocycles. The van der Waals surface area contributed by atoms with Gasteiger partial charge in [0.05, 0.1) is 0 Å². The van der Waals surface area contributed by atoms with Gasteiger partial charge in [0.2, 0.25) is 0 Å². The van der Waals surface area contributed by atoms with Crippen LogP contribution in [0.15, 0.2) is 60.7 Å².